The SMILES string of the molecule is Cc1nn(C)cc1CNC1CCC(Cc2nc(NCc3ccccc3OC(F)(F)F)nc(N)c2[N+](=O)[O-])CC1. The summed E-state index contributed by atoms with van der Waals surface area (Å²) in [6.45, 7) is 2.61. The summed E-state index contributed by atoms with van der Waals surface area (Å²) in [6, 6.07) is 5.99. The molecule has 2 heterocycles. The number of hydrogen-bond donors (Lipinski definition) is 3. The zero-order chi connectivity index (χ0) is 28.2. The van der Waals surface area contributed by atoms with E-state index >= 15 is 0 Å². The van der Waals surface area contributed by atoms with Crippen LogP contribution in [0.3, 0.4) is 0 Å². The van der Waals surface area contributed by atoms with E-state index < -0.39 is 11.3 Å². The second-order valence-electron chi connectivity index (χ2n) is 9.71. The molecule has 3 aromatic rings. The van der Waals surface area contributed by atoms with Crippen molar-refractivity contribution in [3.8, 4) is 5.75 Å². The third-order valence-corrected chi connectivity index (χ3v) is 6.83. The zero-order valence-electron chi connectivity index (χ0n) is 21.7. The fraction of sp³-hybridized carbons (Fsp3) is 0.480. The second-order valence-corrected chi connectivity index (χ2v) is 9.71. The molecule has 0 saturated heterocycles. The van der Waals surface area contributed by atoms with Gasteiger partial charge in [-0.1, -0.05) is 18.2 Å². The predicted molar refractivity (Wildman–Crippen MR) is 138 cm³/mol. The number of para-hydroxylation sites is 1. The van der Waals surface area contributed by atoms with Crippen LogP contribution in [0.25, 0.3) is 0 Å². The fourth-order valence-electron chi connectivity index (χ4n) is 4.91. The van der Waals surface area contributed by atoms with E-state index in [1.54, 1.807) is 10.7 Å². The quantitative estimate of drug-likeness (QED) is 0.248. The van der Waals surface area contributed by atoms with Crippen LogP contribution in [0.4, 0.5) is 30.6 Å². The molecular formula is C25H31F3N8O3. The average Bonchev–Trinajstić information content (AvgIpc) is 3.18. The number of aryl methyl sites for hydroxylation is 2. The van der Waals surface area contributed by atoms with E-state index in [1.807, 2.05) is 20.2 Å². The van der Waals surface area contributed by atoms with Crippen LogP contribution in [0.15, 0.2) is 30.5 Å². The minimum atomic E-state index is -4.84. The van der Waals surface area contributed by atoms with Gasteiger partial charge in [0, 0.05) is 43.5 Å². The van der Waals surface area contributed by atoms with E-state index in [0.717, 1.165) is 43.5 Å². The molecule has 0 atom stereocenters. The Kier molecular flexibility index (Phi) is 8.53. The smallest absolute Gasteiger partial charge is 0.405 e. The molecule has 0 bridgehead atoms. The molecule has 1 fully saturated rings. The highest BCUT2D eigenvalue weighted by Crippen LogP contribution is 2.33. The van der Waals surface area contributed by atoms with Crippen LogP contribution in [0, 0.1) is 23.0 Å². The molecule has 2 aromatic heterocycles. The van der Waals surface area contributed by atoms with Crippen molar-refractivity contribution >= 4 is 17.5 Å². The first-order chi connectivity index (χ1) is 18.5. The summed E-state index contributed by atoms with van der Waals surface area (Å²) >= 11 is 0. The number of halogens is 3. The maximum atomic E-state index is 12.7. The Hall–Kier alpha value is -3.94. The first-order valence-corrected chi connectivity index (χ1v) is 12.6. The Balaban J connectivity index is 1.40. The molecule has 0 aliphatic heterocycles. The van der Waals surface area contributed by atoms with Gasteiger partial charge >= 0.3 is 12.0 Å². The van der Waals surface area contributed by atoms with E-state index in [1.165, 1.54) is 18.2 Å². The Bertz CT molecular complexity index is 1310. The monoisotopic (exact) mass is 548 g/mol. The van der Waals surface area contributed by atoms with Gasteiger partial charge in [-0.2, -0.15) is 10.1 Å². The summed E-state index contributed by atoms with van der Waals surface area (Å²) in [7, 11) is 1.89. The summed E-state index contributed by atoms with van der Waals surface area (Å²) in [5.74, 6) is -0.492. The molecule has 0 radical (unpaired) electrons. The number of nitrogens with zero attached hydrogens (tertiary/aromatic N) is 5. The van der Waals surface area contributed by atoms with Gasteiger partial charge in [-0.15, -0.1) is 13.2 Å². The Labute approximate surface area is 223 Å². The summed E-state index contributed by atoms with van der Waals surface area (Å²) in [4.78, 5) is 19.5. The second kappa shape index (κ2) is 11.8. The van der Waals surface area contributed by atoms with Crippen molar-refractivity contribution < 1.29 is 22.8 Å². The Morgan fingerprint density at radius 1 is 1.15 bits per heavy atom. The molecule has 4 rings (SSSR count). The van der Waals surface area contributed by atoms with Crippen molar-refractivity contribution in [2.45, 2.75) is 64.5 Å². The number of nitrogen functional groups attached to an aromatic ring is 1. The lowest BCUT2D eigenvalue weighted by Gasteiger charge is -2.29. The molecule has 0 amide bonds. The van der Waals surface area contributed by atoms with E-state index in [2.05, 4.69) is 30.4 Å². The van der Waals surface area contributed by atoms with E-state index in [-0.39, 0.29) is 46.9 Å². The molecule has 1 aromatic carbocycles. The lowest BCUT2D eigenvalue weighted by Crippen LogP contribution is -2.33. The Morgan fingerprint density at radius 3 is 2.51 bits per heavy atom. The number of rotatable bonds is 10. The Morgan fingerprint density at radius 2 is 1.87 bits per heavy atom. The third-order valence-electron chi connectivity index (χ3n) is 6.83. The summed E-state index contributed by atoms with van der Waals surface area (Å²) < 4.78 is 44.1. The van der Waals surface area contributed by atoms with Crippen LogP contribution in [0.1, 0.15) is 48.2 Å². The van der Waals surface area contributed by atoms with Crippen LogP contribution >= 0.6 is 0 Å². The van der Waals surface area contributed by atoms with Gasteiger partial charge in [0.2, 0.25) is 11.8 Å². The van der Waals surface area contributed by atoms with Gasteiger partial charge < -0.3 is 21.1 Å². The number of aromatic nitrogens is 4. The minimum absolute atomic E-state index is 0.00268. The van der Waals surface area contributed by atoms with E-state index in [9.17, 15) is 23.3 Å². The first kappa shape index (κ1) is 28.1. The number of ether oxygens (including phenoxy) is 1. The lowest BCUT2D eigenvalue weighted by molar-refractivity contribution is -0.385. The third kappa shape index (κ3) is 7.56. The molecule has 1 saturated carbocycles. The molecule has 4 N–H and O–H groups in total. The van der Waals surface area contributed by atoms with Crippen molar-refractivity contribution in [3.05, 3.63) is 63.1 Å². The van der Waals surface area contributed by atoms with Gasteiger partial charge in [-0.3, -0.25) is 14.8 Å². The molecule has 0 spiro atoms. The molecule has 39 heavy (non-hydrogen) atoms. The van der Waals surface area contributed by atoms with Crippen LogP contribution in [0.2, 0.25) is 0 Å². The van der Waals surface area contributed by atoms with Crippen LogP contribution in [-0.4, -0.2) is 37.1 Å². The van der Waals surface area contributed by atoms with Crippen LogP contribution in [-0.2, 0) is 26.6 Å². The number of alkyl halides is 3. The minimum Gasteiger partial charge on any atom is -0.405 e. The highest BCUT2D eigenvalue weighted by Gasteiger charge is 2.32. The normalized spacial score (nSPS) is 17.7. The number of nitrogens with one attached hydrogen (secondary N) is 2. The van der Waals surface area contributed by atoms with Gasteiger partial charge in [-0.05, 0) is 51.0 Å². The highest BCUT2D eigenvalue weighted by atomic mass is 19.4. The fourth-order valence-corrected chi connectivity index (χ4v) is 4.91. The number of hydrogen-bond acceptors (Lipinski definition) is 9. The zero-order valence-corrected chi connectivity index (χ0v) is 21.7. The maximum Gasteiger partial charge on any atom is 0.573 e. The van der Waals surface area contributed by atoms with E-state index in [4.69, 9.17) is 5.73 Å². The molecule has 1 aliphatic rings. The standard InChI is InChI=1S/C25H31F3N8O3/c1-15-18(14-35(2)34-15)13-30-19-9-7-16(8-10-19)11-20-22(36(37)38)23(29)33-24(32-20)31-12-17-5-3-4-6-21(17)39-25(26,27)28/h3-6,14,16,19,30H,7-13H2,1-2H3,(H3,29,31,32,33). The van der Waals surface area contributed by atoms with Gasteiger partial charge in [-0.25, -0.2) is 4.98 Å². The molecular weight excluding hydrogens is 517 g/mol. The molecule has 11 nitrogen and oxygen atoms in total. The van der Waals surface area contributed by atoms with Gasteiger partial charge in [0.25, 0.3) is 0 Å². The number of nitrogens with two attached hydrogens (primary N) is 1. The lowest BCUT2D eigenvalue weighted by atomic mass is 9.83. The first-order valence-electron chi connectivity index (χ1n) is 12.6. The number of benzene rings is 1. The van der Waals surface area contributed by atoms with Crippen molar-refractivity contribution in [2.75, 3.05) is 11.1 Å². The summed E-state index contributed by atoms with van der Waals surface area (Å²) in [5.41, 5.74) is 8.14. The topological polar surface area (TPSA) is 146 Å². The van der Waals surface area contributed by atoms with Crippen molar-refractivity contribution in [1.29, 1.82) is 0 Å². The average molecular weight is 549 g/mol. The van der Waals surface area contributed by atoms with Crippen molar-refractivity contribution in [2.24, 2.45) is 13.0 Å². The van der Waals surface area contributed by atoms with Crippen LogP contribution in [0.5, 0.6) is 5.75 Å². The maximum absolute atomic E-state index is 12.7. The molecule has 1 aliphatic carbocycles. The molecule has 0 unspecified atom stereocenters. The summed E-state index contributed by atoms with van der Waals surface area (Å²) in [5, 5.41) is 22.5. The molecule has 14 heteroatoms. The summed E-state index contributed by atoms with van der Waals surface area (Å²) in [6.07, 6.45) is 1.05. The van der Waals surface area contributed by atoms with Crippen molar-refractivity contribution in [1.82, 2.24) is 25.1 Å². The largest absolute Gasteiger partial charge is 0.573 e. The highest BCUT2D eigenvalue weighted by molar-refractivity contribution is 5.58. The van der Waals surface area contributed by atoms with Crippen molar-refractivity contribution in [3.63, 3.8) is 0 Å². The molecule has 210 valence electrons. The van der Waals surface area contributed by atoms with Crippen LogP contribution < -0.4 is 21.1 Å². The number of nitro groups is 1. The van der Waals surface area contributed by atoms with Gasteiger partial charge in [0.15, 0.2) is 0 Å². The van der Waals surface area contributed by atoms with E-state index in [0.29, 0.717) is 12.5 Å². The number of anilines is 2. The van der Waals surface area contributed by atoms with Gasteiger partial charge in [0.05, 0.1) is 10.6 Å². The predicted octanol–water partition coefficient (Wildman–Crippen LogP) is 4.41. The van der Waals surface area contributed by atoms with Gasteiger partial charge in [0.1, 0.15) is 11.4 Å².